The Morgan fingerprint density at radius 2 is 1.48 bits per heavy atom. The van der Waals surface area contributed by atoms with Crippen molar-refractivity contribution in [1.29, 1.82) is 0 Å². The van der Waals surface area contributed by atoms with Gasteiger partial charge in [0.25, 0.3) is 0 Å². The van der Waals surface area contributed by atoms with Crippen molar-refractivity contribution in [3.8, 4) is 0 Å². The lowest BCUT2D eigenvalue weighted by molar-refractivity contribution is -0.353. The maximum absolute atomic E-state index is 12.8. The number of aliphatic hydroxyl groups excluding tert-OH is 2. The number of carbonyl (C=O) groups excluding carboxylic acids is 4. The van der Waals surface area contributed by atoms with Crippen LogP contribution in [0.4, 0.5) is 0 Å². The van der Waals surface area contributed by atoms with Gasteiger partial charge in [0, 0.05) is 34.1 Å². The first-order valence-corrected chi connectivity index (χ1v) is 13.5. The van der Waals surface area contributed by atoms with Crippen LogP contribution < -0.4 is 0 Å². The summed E-state index contributed by atoms with van der Waals surface area (Å²) in [4.78, 5) is 50.3. The molecule has 0 aromatic heterocycles. The van der Waals surface area contributed by atoms with Crippen molar-refractivity contribution in [3.05, 3.63) is 11.1 Å². The highest BCUT2D eigenvalue weighted by Crippen LogP contribution is 2.68. The molecule has 3 fully saturated rings. The molecule has 224 valence electrons. The third kappa shape index (κ3) is 4.17. The van der Waals surface area contributed by atoms with Crippen LogP contribution in [0.3, 0.4) is 0 Å². The van der Waals surface area contributed by atoms with Crippen molar-refractivity contribution >= 4 is 23.9 Å². The molecule has 2 saturated carbocycles. The topological polar surface area (TPSA) is 175 Å². The highest BCUT2D eigenvalue weighted by Gasteiger charge is 2.80. The summed E-state index contributed by atoms with van der Waals surface area (Å²) in [5.41, 5.74) is -5.96. The smallest absolute Gasteiger partial charge is 0.303 e. The Labute approximate surface area is 232 Å². The van der Waals surface area contributed by atoms with Crippen molar-refractivity contribution in [2.75, 3.05) is 6.61 Å². The summed E-state index contributed by atoms with van der Waals surface area (Å²) >= 11 is 0. The third-order valence-corrected chi connectivity index (χ3v) is 9.60. The second-order valence-corrected chi connectivity index (χ2v) is 12.4. The number of hydrogen-bond donors (Lipinski definition) is 3. The summed E-state index contributed by atoms with van der Waals surface area (Å²) in [7, 11) is 0. The Morgan fingerprint density at radius 3 is 1.93 bits per heavy atom. The van der Waals surface area contributed by atoms with E-state index < -0.39 is 88.5 Å². The molecule has 1 saturated heterocycles. The molecular formula is C28H40O12. The first kappa shape index (κ1) is 30.4. The number of hydrogen-bond acceptors (Lipinski definition) is 12. The molecule has 1 aliphatic heterocycles. The molecule has 0 bridgehead atoms. The lowest BCUT2D eigenvalue weighted by Gasteiger charge is -2.65. The van der Waals surface area contributed by atoms with Crippen LogP contribution in [0.5, 0.6) is 0 Å². The molecule has 0 aromatic rings. The van der Waals surface area contributed by atoms with Crippen molar-refractivity contribution in [1.82, 2.24) is 0 Å². The summed E-state index contributed by atoms with van der Waals surface area (Å²) in [6.45, 7) is 10.8. The van der Waals surface area contributed by atoms with E-state index in [1.165, 1.54) is 34.6 Å². The largest absolute Gasteiger partial charge is 0.462 e. The van der Waals surface area contributed by atoms with Gasteiger partial charge in [-0.25, -0.2) is 0 Å². The minimum absolute atomic E-state index is 0.0211. The Morgan fingerprint density at radius 1 is 0.925 bits per heavy atom. The zero-order chi connectivity index (χ0) is 30.2. The first-order valence-electron chi connectivity index (χ1n) is 13.5. The van der Waals surface area contributed by atoms with E-state index in [1.54, 1.807) is 13.8 Å². The zero-order valence-corrected chi connectivity index (χ0v) is 24.2. The Bertz CT molecular complexity index is 1140. The molecule has 40 heavy (non-hydrogen) atoms. The quantitative estimate of drug-likeness (QED) is 0.241. The predicted octanol–water partition coefficient (Wildman–Crippen LogP) is 0.721. The first-order chi connectivity index (χ1) is 18.3. The number of carbonyl (C=O) groups is 4. The lowest BCUT2D eigenvalue weighted by atomic mass is 9.49. The molecule has 1 heterocycles. The van der Waals surface area contributed by atoms with Gasteiger partial charge >= 0.3 is 23.9 Å². The van der Waals surface area contributed by atoms with Crippen LogP contribution in [0.15, 0.2) is 11.1 Å². The van der Waals surface area contributed by atoms with E-state index in [1.807, 2.05) is 0 Å². The van der Waals surface area contributed by atoms with E-state index in [-0.39, 0.29) is 25.0 Å². The minimum atomic E-state index is -1.75. The number of rotatable bonds is 5. The van der Waals surface area contributed by atoms with E-state index in [9.17, 15) is 34.5 Å². The second kappa shape index (κ2) is 9.78. The van der Waals surface area contributed by atoms with Crippen LogP contribution in [0.1, 0.15) is 68.2 Å². The van der Waals surface area contributed by atoms with Crippen LogP contribution in [0.2, 0.25) is 0 Å². The Kier molecular flexibility index (Phi) is 7.44. The molecule has 0 spiro atoms. The van der Waals surface area contributed by atoms with Gasteiger partial charge in [-0.15, -0.1) is 0 Å². The lowest BCUT2D eigenvalue weighted by Crippen LogP contribution is -2.79. The second-order valence-electron chi connectivity index (χ2n) is 12.4. The average Bonchev–Trinajstić information content (AvgIpc) is 3.03. The molecule has 4 aliphatic rings. The minimum Gasteiger partial charge on any atom is -0.462 e. The molecule has 12 nitrogen and oxygen atoms in total. The van der Waals surface area contributed by atoms with Gasteiger partial charge in [-0.2, -0.15) is 0 Å². The number of esters is 4. The fraction of sp³-hybridized carbons (Fsp3) is 0.786. The number of aliphatic hydroxyl groups is 3. The molecule has 0 amide bonds. The van der Waals surface area contributed by atoms with Crippen molar-refractivity contribution < 1.29 is 58.2 Å². The summed E-state index contributed by atoms with van der Waals surface area (Å²) in [5.74, 6) is -3.95. The number of ether oxygens (including phenoxy) is 5. The van der Waals surface area contributed by atoms with Gasteiger partial charge < -0.3 is 39.0 Å². The molecule has 0 radical (unpaired) electrons. The van der Waals surface area contributed by atoms with Gasteiger partial charge in [0.15, 0.2) is 5.60 Å². The van der Waals surface area contributed by atoms with E-state index in [0.717, 1.165) is 6.92 Å². The standard InChI is InChI=1S/C28H40O12/c1-12-17(33)10-27(25(6,7)35)20(12)21(34)23(38-14(3)30)26(8)18(37-13(2)29)9-19-28(11-36-19,40-16(5)32)22(26)24(27)39-15(4)31/h17-19,21-24,33-35H,9-11H2,1-8H3/t17-,18-,19+,21+,22+,23-,24-,26+,27-,28-/m0/s1. The van der Waals surface area contributed by atoms with E-state index in [4.69, 9.17) is 23.7 Å². The SMILES string of the molecule is CC(=O)O[C@H]1C[C@H]2OC[C@@]2(OC(C)=O)[C@@H]2[C@H](OC(C)=O)[C@]3(C(C)(C)O)C[C@H](O)C(C)=C3[C@@H](O)[C@H](OC(C)=O)[C@]12C. The van der Waals surface area contributed by atoms with Crippen LogP contribution in [-0.4, -0.2) is 93.6 Å². The molecule has 3 aliphatic carbocycles. The maximum Gasteiger partial charge on any atom is 0.303 e. The van der Waals surface area contributed by atoms with Gasteiger partial charge in [0.05, 0.1) is 35.1 Å². The molecule has 3 N–H and O–H groups in total. The van der Waals surface area contributed by atoms with Gasteiger partial charge in [0.1, 0.15) is 30.5 Å². The van der Waals surface area contributed by atoms with Crippen molar-refractivity contribution in [3.63, 3.8) is 0 Å². The van der Waals surface area contributed by atoms with Crippen molar-refractivity contribution in [2.24, 2.45) is 16.7 Å². The molecule has 10 atom stereocenters. The van der Waals surface area contributed by atoms with Gasteiger partial charge in [-0.1, -0.05) is 6.92 Å². The molecule has 4 rings (SSSR count). The van der Waals surface area contributed by atoms with Gasteiger partial charge in [0.2, 0.25) is 0 Å². The summed E-state index contributed by atoms with van der Waals surface area (Å²) in [5, 5.41) is 35.2. The van der Waals surface area contributed by atoms with Crippen LogP contribution >= 0.6 is 0 Å². The molecule has 0 unspecified atom stereocenters. The Balaban J connectivity index is 2.17. The third-order valence-electron chi connectivity index (χ3n) is 9.60. The summed E-state index contributed by atoms with van der Waals surface area (Å²) < 4.78 is 29.6. The van der Waals surface area contributed by atoms with Crippen molar-refractivity contribution in [2.45, 2.75) is 116 Å². The van der Waals surface area contributed by atoms with Crippen LogP contribution in [-0.2, 0) is 42.9 Å². The normalized spacial score (nSPS) is 42.3. The predicted molar refractivity (Wildman–Crippen MR) is 135 cm³/mol. The highest BCUT2D eigenvalue weighted by atomic mass is 16.6. The fourth-order valence-corrected chi connectivity index (χ4v) is 8.13. The van der Waals surface area contributed by atoms with E-state index in [0.29, 0.717) is 5.57 Å². The van der Waals surface area contributed by atoms with E-state index >= 15 is 0 Å². The van der Waals surface area contributed by atoms with E-state index in [2.05, 4.69) is 0 Å². The van der Waals surface area contributed by atoms with Crippen LogP contribution in [0.25, 0.3) is 0 Å². The Hall–Kier alpha value is -2.54. The van der Waals surface area contributed by atoms with Crippen LogP contribution in [0, 0.1) is 16.7 Å². The monoisotopic (exact) mass is 568 g/mol. The molecule has 12 heteroatoms. The van der Waals surface area contributed by atoms with Gasteiger partial charge in [-0.3, -0.25) is 19.2 Å². The fourth-order valence-electron chi connectivity index (χ4n) is 8.13. The highest BCUT2D eigenvalue weighted by molar-refractivity contribution is 5.69. The zero-order valence-electron chi connectivity index (χ0n) is 24.2. The van der Waals surface area contributed by atoms with Gasteiger partial charge in [-0.05, 0) is 38.3 Å². The molecule has 0 aromatic carbocycles. The molecular weight excluding hydrogens is 528 g/mol. The number of fused-ring (bicyclic) bond motifs is 4. The maximum atomic E-state index is 12.8. The summed E-state index contributed by atoms with van der Waals surface area (Å²) in [6.07, 6.45) is -7.61. The summed E-state index contributed by atoms with van der Waals surface area (Å²) in [6, 6.07) is 0. The average molecular weight is 569 g/mol.